The lowest BCUT2D eigenvalue weighted by Crippen LogP contribution is -2.30. The number of esters is 3. The first-order valence-electron chi connectivity index (χ1n) is 34.5. The molecule has 6 nitrogen and oxygen atoms in total. The second kappa shape index (κ2) is 69.3. The summed E-state index contributed by atoms with van der Waals surface area (Å²) in [5.41, 5.74) is 0. The molecule has 0 aromatic carbocycles. The Morgan fingerprint density at radius 3 is 0.744 bits per heavy atom. The number of unbranched alkanes of at least 4 members (excludes halogenated alkanes) is 31. The highest BCUT2D eigenvalue weighted by Gasteiger charge is 2.19. The second-order valence-electron chi connectivity index (χ2n) is 22.7. The van der Waals surface area contributed by atoms with E-state index in [1.54, 1.807) is 0 Å². The topological polar surface area (TPSA) is 78.9 Å². The van der Waals surface area contributed by atoms with Crippen LogP contribution in [-0.2, 0) is 28.6 Å². The van der Waals surface area contributed by atoms with E-state index in [2.05, 4.69) is 142 Å². The van der Waals surface area contributed by atoms with Crippen LogP contribution >= 0.6 is 0 Å². The molecule has 0 heterocycles. The zero-order chi connectivity index (χ0) is 59.2. The molecule has 0 aliphatic rings. The Bertz CT molecular complexity index is 1690. The first kappa shape index (κ1) is 77.8. The van der Waals surface area contributed by atoms with Crippen molar-refractivity contribution < 1.29 is 28.6 Å². The van der Waals surface area contributed by atoms with Crippen molar-refractivity contribution in [2.75, 3.05) is 13.2 Å². The number of carbonyl (C=O) groups excluding carboxylic acids is 3. The summed E-state index contributed by atoms with van der Waals surface area (Å²) >= 11 is 0. The number of ether oxygens (including phenoxy) is 3. The lowest BCUT2D eigenvalue weighted by atomic mass is 10.0. The largest absolute Gasteiger partial charge is 0.462 e. The summed E-state index contributed by atoms with van der Waals surface area (Å²) in [5, 5.41) is 0. The van der Waals surface area contributed by atoms with E-state index in [0.717, 1.165) is 135 Å². The third-order valence-corrected chi connectivity index (χ3v) is 14.7. The third kappa shape index (κ3) is 66.6. The van der Waals surface area contributed by atoms with Crippen LogP contribution in [0.2, 0.25) is 0 Å². The monoisotopic (exact) mass is 1140 g/mol. The molecule has 0 N–H and O–H groups in total. The van der Waals surface area contributed by atoms with Crippen molar-refractivity contribution in [1.82, 2.24) is 0 Å². The Hall–Kier alpha value is -4.19. The number of hydrogen-bond donors (Lipinski definition) is 0. The van der Waals surface area contributed by atoms with Crippen molar-refractivity contribution in [1.29, 1.82) is 0 Å². The van der Waals surface area contributed by atoms with Gasteiger partial charge < -0.3 is 14.2 Å². The summed E-state index contributed by atoms with van der Waals surface area (Å²) in [4.78, 5) is 38.4. The molecular weight excluding hydrogens is 1010 g/mol. The lowest BCUT2D eigenvalue weighted by molar-refractivity contribution is -0.167. The van der Waals surface area contributed by atoms with Crippen molar-refractivity contribution in [3.8, 4) is 0 Å². The predicted octanol–water partition coefficient (Wildman–Crippen LogP) is 23.9. The molecule has 0 saturated heterocycles. The van der Waals surface area contributed by atoms with Crippen LogP contribution < -0.4 is 0 Å². The Morgan fingerprint density at radius 1 is 0.256 bits per heavy atom. The molecule has 1 unspecified atom stereocenters. The van der Waals surface area contributed by atoms with E-state index in [9.17, 15) is 14.4 Å². The summed E-state index contributed by atoms with van der Waals surface area (Å²) in [5.74, 6) is -0.901. The molecule has 6 heteroatoms. The van der Waals surface area contributed by atoms with E-state index >= 15 is 0 Å². The van der Waals surface area contributed by atoms with Gasteiger partial charge in [0.25, 0.3) is 0 Å². The summed E-state index contributed by atoms with van der Waals surface area (Å²) in [6.45, 7) is 6.42. The molecule has 0 saturated carbocycles. The first-order valence-corrected chi connectivity index (χ1v) is 34.5. The molecule has 0 amide bonds. The number of hydrogen-bond acceptors (Lipinski definition) is 6. The molecule has 82 heavy (non-hydrogen) atoms. The molecular formula is C76H128O6. The van der Waals surface area contributed by atoms with Gasteiger partial charge in [0.2, 0.25) is 0 Å². The van der Waals surface area contributed by atoms with Gasteiger partial charge in [-0.2, -0.15) is 0 Å². The van der Waals surface area contributed by atoms with E-state index in [4.69, 9.17) is 14.2 Å². The van der Waals surface area contributed by atoms with Gasteiger partial charge in [0.1, 0.15) is 13.2 Å². The van der Waals surface area contributed by atoms with Gasteiger partial charge in [-0.3, -0.25) is 14.4 Å². The van der Waals surface area contributed by atoms with Gasteiger partial charge in [-0.1, -0.05) is 316 Å². The SMILES string of the molecule is CC/C=C\C/C=C\C/C=C\C/C=C\C/C=C\C/C=C\CCCCCCC(=O)OC(COC(=O)CCCCCCCCCCCCCC)COC(=O)CCCCCCCCCCCCCCCCCC/C=C\C/C=C\C/C=C\C/C=C\CC. The van der Waals surface area contributed by atoms with E-state index in [-0.39, 0.29) is 31.1 Å². The van der Waals surface area contributed by atoms with Crippen LogP contribution in [0.4, 0.5) is 0 Å². The quantitative estimate of drug-likeness (QED) is 0.0261. The molecule has 0 aromatic rings. The number of carbonyl (C=O) groups is 3. The molecule has 0 radical (unpaired) electrons. The van der Waals surface area contributed by atoms with Crippen LogP contribution in [0, 0.1) is 0 Å². The number of rotatable bonds is 62. The van der Waals surface area contributed by atoms with Crippen molar-refractivity contribution in [2.45, 2.75) is 329 Å². The zero-order valence-electron chi connectivity index (χ0n) is 53.7. The smallest absolute Gasteiger partial charge is 0.306 e. The minimum absolute atomic E-state index is 0.0866. The Balaban J connectivity index is 4.29. The predicted molar refractivity (Wildman–Crippen MR) is 357 cm³/mol. The zero-order valence-corrected chi connectivity index (χ0v) is 53.7. The summed E-state index contributed by atoms with van der Waals surface area (Å²) in [6.07, 6.45) is 96.5. The highest BCUT2D eigenvalue weighted by atomic mass is 16.6. The summed E-state index contributed by atoms with van der Waals surface area (Å²) in [7, 11) is 0. The molecule has 0 rings (SSSR count). The average Bonchev–Trinajstić information content (AvgIpc) is 3.47. The minimum Gasteiger partial charge on any atom is -0.462 e. The second-order valence-corrected chi connectivity index (χ2v) is 22.7. The maximum atomic E-state index is 12.9. The summed E-state index contributed by atoms with van der Waals surface area (Å²) in [6, 6.07) is 0. The van der Waals surface area contributed by atoms with Crippen molar-refractivity contribution in [2.24, 2.45) is 0 Å². The molecule has 0 fully saturated rings. The Morgan fingerprint density at radius 2 is 0.476 bits per heavy atom. The highest BCUT2D eigenvalue weighted by Crippen LogP contribution is 2.17. The highest BCUT2D eigenvalue weighted by molar-refractivity contribution is 5.71. The fourth-order valence-electron chi connectivity index (χ4n) is 9.62. The minimum atomic E-state index is -0.793. The normalized spacial score (nSPS) is 12.9. The van der Waals surface area contributed by atoms with Gasteiger partial charge in [-0.05, 0) is 109 Å². The maximum Gasteiger partial charge on any atom is 0.306 e. The molecule has 0 spiro atoms. The van der Waals surface area contributed by atoms with Gasteiger partial charge in [0.05, 0.1) is 0 Å². The molecule has 0 bridgehead atoms. The van der Waals surface area contributed by atoms with E-state index in [1.807, 2.05) is 0 Å². The van der Waals surface area contributed by atoms with Gasteiger partial charge in [0, 0.05) is 19.3 Å². The first-order chi connectivity index (χ1) is 40.5. The van der Waals surface area contributed by atoms with Gasteiger partial charge in [-0.15, -0.1) is 0 Å². The van der Waals surface area contributed by atoms with Crippen LogP contribution in [-0.4, -0.2) is 37.2 Å². The molecule has 468 valence electrons. The fraction of sp³-hybridized carbons (Fsp3) is 0.697. The Kier molecular flexibility index (Phi) is 65.8. The van der Waals surface area contributed by atoms with Crippen LogP contribution in [0.5, 0.6) is 0 Å². The molecule has 0 aromatic heterocycles. The van der Waals surface area contributed by atoms with Crippen molar-refractivity contribution in [3.05, 3.63) is 122 Å². The van der Waals surface area contributed by atoms with Gasteiger partial charge in [-0.25, -0.2) is 0 Å². The summed E-state index contributed by atoms with van der Waals surface area (Å²) < 4.78 is 16.9. The number of allylic oxidation sites excluding steroid dienone is 20. The van der Waals surface area contributed by atoms with Crippen LogP contribution in [0.25, 0.3) is 0 Å². The standard InChI is InChI=1S/C76H128O6/c1-4-7-10-13-16-19-22-25-27-29-31-33-35-36-37-38-39-40-42-43-45-47-49-51-54-57-60-63-66-69-75(78)81-72-73(71-80-74(77)68-65-62-59-56-53-24-21-18-15-12-9-6-3)82-76(79)70-67-64-61-58-55-52-50-48-46-44-41-34-32-30-28-26-23-20-17-14-11-8-5-2/h7-8,10-11,16-17,19-20,25-28,31-34,44,46,50,52,73H,4-6,9,12-15,18,21-24,29-30,35-43,45,47-49,51,53-72H2,1-3H3/b10-7-,11-8-,19-16-,20-17-,27-25-,28-26-,33-31-,34-32-,46-44-,52-50-. The van der Waals surface area contributed by atoms with Crippen LogP contribution in [0.3, 0.4) is 0 Å². The molecule has 0 aliphatic heterocycles. The Labute approximate surface area is 507 Å². The van der Waals surface area contributed by atoms with E-state index in [0.29, 0.717) is 19.3 Å². The lowest BCUT2D eigenvalue weighted by Gasteiger charge is -2.18. The van der Waals surface area contributed by atoms with Crippen LogP contribution in [0.15, 0.2) is 122 Å². The average molecular weight is 1140 g/mol. The maximum absolute atomic E-state index is 12.9. The van der Waals surface area contributed by atoms with Crippen molar-refractivity contribution >= 4 is 17.9 Å². The van der Waals surface area contributed by atoms with E-state index in [1.165, 1.54) is 148 Å². The van der Waals surface area contributed by atoms with Gasteiger partial charge in [0.15, 0.2) is 6.10 Å². The molecule has 1 atom stereocenters. The van der Waals surface area contributed by atoms with Gasteiger partial charge >= 0.3 is 17.9 Å². The van der Waals surface area contributed by atoms with E-state index < -0.39 is 6.10 Å². The van der Waals surface area contributed by atoms with Crippen LogP contribution in [0.1, 0.15) is 323 Å². The van der Waals surface area contributed by atoms with Crippen molar-refractivity contribution in [3.63, 3.8) is 0 Å². The fourth-order valence-corrected chi connectivity index (χ4v) is 9.62. The molecule has 0 aliphatic carbocycles. The third-order valence-electron chi connectivity index (χ3n) is 14.7.